The van der Waals surface area contributed by atoms with E-state index in [0.717, 1.165) is 34.5 Å². The lowest BCUT2D eigenvalue weighted by molar-refractivity contribution is 0.320. The molecule has 5 heteroatoms. The van der Waals surface area contributed by atoms with E-state index in [4.69, 9.17) is 9.97 Å². The molecule has 2 N–H and O–H groups in total. The zero-order valence-electron chi connectivity index (χ0n) is 18.2. The summed E-state index contributed by atoms with van der Waals surface area (Å²) in [7, 11) is 4.09. The molecule has 2 fully saturated rings. The molecule has 29 heavy (non-hydrogen) atoms. The van der Waals surface area contributed by atoms with Crippen LogP contribution in [0.2, 0.25) is 0 Å². The van der Waals surface area contributed by atoms with Crippen molar-refractivity contribution >= 4 is 22.7 Å². The Morgan fingerprint density at radius 1 is 0.931 bits per heavy atom. The van der Waals surface area contributed by atoms with Gasteiger partial charge in [-0.25, -0.2) is 4.98 Å². The highest BCUT2D eigenvalue weighted by atomic mass is 15.2. The Morgan fingerprint density at radius 3 is 2.45 bits per heavy atom. The first-order valence-corrected chi connectivity index (χ1v) is 11.6. The number of nitrogens with zero attached hydrogens (tertiary/aromatic N) is 3. The van der Waals surface area contributed by atoms with E-state index in [-0.39, 0.29) is 0 Å². The summed E-state index contributed by atoms with van der Waals surface area (Å²) in [6, 6.07) is 8.75. The number of benzene rings is 1. The molecule has 1 aromatic heterocycles. The molecule has 2 aliphatic carbocycles. The fourth-order valence-electron chi connectivity index (χ4n) is 5.07. The van der Waals surface area contributed by atoms with E-state index in [1.54, 1.807) is 0 Å². The highest BCUT2D eigenvalue weighted by molar-refractivity contribution is 5.90. The van der Waals surface area contributed by atoms with Crippen LogP contribution in [0.5, 0.6) is 0 Å². The summed E-state index contributed by atoms with van der Waals surface area (Å²) < 4.78 is 0. The first-order chi connectivity index (χ1) is 14.2. The number of para-hydroxylation sites is 1. The smallest absolute Gasteiger partial charge is 0.225 e. The van der Waals surface area contributed by atoms with Crippen LogP contribution < -0.4 is 15.5 Å². The molecule has 2 aromatic rings. The van der Waals surface area contributed by atoms with Gasteiger partial charge in [0.05, 0.1) is 5.52 Å². The van der Waals surface area contributed by atoms with Gasteiger partial charge in [0.2, 0.25) is 5.95 Å². The molecule has 5 nitrogen and oxygen atoms in total. The second-order valence-corrected chi connectivity index (χ2v) is 9.29. The van der Waals surface area contributed by atoms with Crippen molar-refractivity contribution in [2.45, 2.75) is 63.8 Å². The molecule has 0 atom stereocenters. The van der Waals surface area contributed by atoms with E-state index >= 15 is 0 Å². The summed E-state index contributed by atoms with van der Waals surface area (Å²) in [5.41, 5.74) is 1.01. The third kappa shape index (κ3) is 5.39. The number of anilines is 2. The molecule has 1 heterocycles. The monoisotopic (exact) mass is 395 g/mol. The van der Waals surface area contributed by atoms with Crippen molar-refractivity contribution in [2.24, 2.45) is 11.8 Å². The van der Waals surface area contributed by atoms with Crippen molar-refractivity contribution in [3.8, 4) is 0 Å². The van der Waals surface area contributed by atoms with Crippen LogP contribution in [-0.2, 0) is 0 Å². The van der Waals surface area contributed by atoms with Gasteiger partial charge in [0, 0.05) is 25.5 Å². The summed E-state index contributed by atoms with van der Waals surface area (Å²) in [4.78, 5) is 11.6. The molecule has 0 bridgehead atoms. The number of fused-ring (bicyclic) bond motifs is 1. The molecule has 0 aliphatic heterocycles. The quantitative estimate of drug-likeness (QED) is 0.627. The summed E-state index contributed by atoms with van der Waals surface area (Å²) in [5.74, 6) is 3.58. The second kappa shape index (κ2) is 9.75. The Bertz CT molecular complexity index is 776. The standard InChI is InChI=1S/C24H37N5/c1-29(2)23-21-9-5-6-10-22(21)27-24(28-23)26-20-13-11-19(12-14-20)17-25-16-15-18-7-3-4-8-18/h5-6,9-10,18-20,25H,3-4,7-8,11-17H2,1-2H3,(H,26,27,28). The Kier molecular flexibility index (Phi) is 6.86. The van der Waals surface area contributed by atoms with Crippen LogP contribution in [0.25, 0.3) is 10.9 Å². The fraction of sp³-hybridized carbons (Fsp3) is 0.667. The van der Waals surface area contributed by atoms with Gasteiger partial charge in [-0.15, -0.1) is 0 Å². The summed E-state index contributed by atoms with van der Waals surface area (Å²) in [6.45, 7) is 2.40. The van der Waals surface area contributed by atoms with Gasteiger partial charge < -0.3 is 15.5 Å². The van der Waals surface area contributed by atoms with Gasteiger partial charge in [0.1, 0.15) is 5.82 Å². The van der Waals surface area contributed by atoms with E-state index in [1.165, 1.54) is 70.9 Å². The highest BCUT2D eigenvalue weighted by Gasteiger charge is 2.22. The molecule has 0 amide bonds. The van der Waals surface area contributed by atoms with Crippen molar-refractivity contribution < 1.29 is 0 Å². The Labute approximate surface area is 175 Å². The average Bonchev–Trinajstić information content (AvgIpc) is 3.25. The van der Waals surface area contributed by atoms with Gasteiger partial charge in [0.15, 0.2) is 0 Å². The van der Waals surface area contributed by atoms with Crippen molar-refractivity contribution in [3.05, 3.63) is 24.3 Å². The SMILES string of the molecule is CN(C)c1nc(NC2CCC(CNCCC3CCCC3)CC2)nc2ccccc12. The third-order valence-electron chi connectivity index (χ3n) is 6.82. The van der Waals surface area contributed by atoms with Gasteiger partial charge >= 0.3 is 0 Å². The Morgan fingerprint density at radius 2 is 1.69 bits per heavy atom. The minimum absolute atomic E-state index is 0.487. The van der Waals surface area contributed by atoms with Crippen LogP contribution in [0.4, 0.5) is 11.8 Å². The number of hydrogen-bond acceptors (Lipinski definition) is 5. The molecule has 0 spiro atoms. The number of nitrogens with one attached hydrogen (secondary N) is 2. The van der Waals surface area contributed by atoms with Crippen LogP contribution in [-0.4, -0.2) is 43.2 Å². The molecular weight excluding hydrogens is 358 g/mol. The maximum Gasteiger partial charge on any atom is 0.225 e. The number of aromatic nitrogens is 2. The number of rotatable bonds is 8. The predicted molar refractivity (Wildman–Crippen MR) is 123 cm³/mol. The third-order valence-corrected chi connectivity index (χ3v) is 6.82. The lowest BCUT2D eigenvalue weighted by Gasteiger charge is -2.29. The van der Waals surface area contributed by atoms with E-state index in [2.05, 4.69) is 33.7 Å². The predicted octanol–water partition coefficient (Wildman–Crippen LogP) is 4.84. The van der Waals surface area contributed by atoms with E-state index in [9.17, 15) is 0 Å². The van der Waals surface area contributed by atoms with Crippen LogP contribution in [0, 0.1) is 11.8 Å². The first-order valence-electron chi connectivity index (χ1n) is 11.6. The van der Waals surface area contributed by atoms with Gasteiger partial charge in [-0.05, 0) is 69.2 Å². The molecule has 0 unspecified atom stereocenters. The minimum Gasteiger partial charge on any atom is -0.362 e. The van der Waals surface area contributed by atoms with Crippen molar-refractivity contribution in [1.29, 1.82) is 0 Å². The minimum atomic E-state index is 0.487. The van der Waals surface area contributed by atoms with Crippen LogP contribution in [0.1, 0.15) is 57.8 Å². The molecule has 2 saturated carbocycles. The highest BCUT2D eigenvalue weighted by Crippen LogP contribution is 2.29. The van der Waals surface area contributed by atoms with E-state index in [0.29, 0.717) is 6.04 Å². The molecule has 4 rings (SSSR count). The van der Waals surface area contributed by atoms with Gasteiger partial charge in [-0.3, -0.25) is 0 Å². The second-order valence-electron chi connectivity index (χ2n) is 9.29. The van der Waals surface area contributed by atoms with E-state index in [1.807, 2.05) is 20.2 Å². The largest absolute Gasteiger partial charge is 0.362 e. The van der Waals surface area contributed by atoms with Crippen LogP contribution in [0.15, 0.2) is 24.3 Å². The average molecular weight is 396 g/mol. The number of hydrogen-bond donors (Lipinski definition) is 2. The van der Waals surface area contributed by atoms with Gasteiger partial charge in [-0.1, -0.05) is 37.8 Å². The summed E-state index contributed by atoms with van der Waals surface area (Å²) >= 11 is 0. The summed E-state index contributed by atoms with van der Waals surface area (Å²) in [5, 5.41) is 8.47. The molecule has 158 valence electrons. The normalized spacial score (nSPS) is 22.8. The molecular formula is C24H37N5. The van der Waals surface area contributed by atoms with Crippen LogP contribution in [0.3, 0.4) is 0 Å². The van der Waals surface area contributed by atoms with Crippen LogP contribution >= 0.6 is 0 Å². The molecule has 0 saturated heterocycles. The topological polar surface area (TPSA) is 53.1 Å². The van der Waals surface area contributed by atoms with Gasteiger partial charge in [0.25, 0.3) is 0 Å². The lowest BCUT2D eigenvalue weighted by atomic mass is 9.86. The molecule has 2 aliphatic rings. The zero-order valence-corrected chi connectivity index (χ0v) is 18.2. The zero-order chi connectivity index (χ0) is 20.1. The lowest BCUT2D eigenvalue weighted by Crippen LogP contribution is -2.32. The molecule has 1 aromatic carbocycles. The van der Waals surface area contributed by atoms with Crippen molar-refractivity contribution in [2.75, 3.05) is 37.4 Å². The van der Waals surface area contributed by atoms with Crippen molar-refractivity contribution in [3.63, 3.8) is 0 Å². The molecule has 0 radical (unpaired) electrons. The first kappa shape index (κ1) is 20.4. The Hall–Kier alpha value is -1.88. The maximum absolute atomic E-state index is 4.80. The fourth-order valence-corrected chi connectivity index (χ4v) is 5.07. The van der Waals surface area contributed by atoms with Crippen molar-refractivity contribution in [1.82, 2.24) is 15.3 Å². The van der Waals surface area contributed by atoms with E-state index < -0.39 is 0 Å². The summed E-state index contributed by atoms with van der Waals surface area (Å²) in [6.07, 6.45) is 12.2. The maximum atomic E-state index is 4.80. The Balaban J connectivity index is 1.25. The van der Waals surface area contributed by atoms with Gasteiger partial charge in [-0.2, -0.15) is 4.98 Å².